The zero-order valence-corrected chi connectivity index (χ0v) is 17.1. The number of methoxy groups -OCH3 is 1. The highest BCUT2D eigenvalue weighted by atomic mass is 16.5. The standard InChI is InChI=1S/C23H28N2O4/c1-18(26)19-8-9-22(28-2)20(16-19)17-23(27)25-12-10-24(11-13-25)14-15-29-21-6-4-3-5-7-21/h3-9,16H,10-15,17H2,1-2H3. The van der Waals surface area contributed by atoms with E-state index < -0.39 is 0 Å². The zero-order chi connectivity index (χ0) is 20.6. The van der Waals surface area contributed by atoms with E-state index in [1.54, 1.807) is 25.3 Å². The van der Waals surface area contributed by atoms with Crippen LogP contribution in [0.1, 0.15) is 22.8 Å². The number of ether oxygens (including phenoxy) is 2. The minimum absolute atomic E-state index is 0.0207. The van der Waals surface area contributed by atoms with E-state index in [1.807, 2.05) is 35.2 Å². The summed E-state index contributed by atoms with van der Waals surface area (Å²) >= 11 is 0. The Bertz CT molecular complexity index is 830. The van der Waals surface area contributed by atoms with Gasteiger partial charge in [0.15, 0.2) is 5.78 Å². The number of ketones is 1. The summed E-state index contributed by atoms with van der Waals surface area (Å²) in [6, 6.07) is 15.0. The van der Waals surface area contributed by atoms with Crippen molar-refractivity contribution in [3.63, 3.8) is 0 Å². The van der Waals surface area contributed by atoms with Gasteiger partial charge in [0.05, 0.1) is 13.5 Å². The molecule has 0 spiro atoms. The second-order valence-corrected chi connectivity index (χ2v) is 7.14. The number of benzene rings is 2. The first-order valence-corrected chi connectivity index (χ1v) is 9.92. The van der Waals surface area contributed by atoms with Crippen LogP contribution in [0.25, 0.3) is 0 Å². The lowest BCUT2D eigenvalue weighted by atomic mass is 10.0. The predicted molar refractivity (Wildman–Crippen MR) is 112 cm³/mol. The third-order valence-electron chi connectivity index (χ3n) is 5.17. The largest absolute Gasteiger partial charge is 0.496 e. The van der Waals surface area contributed by atoms with Crippen LogP contribution in [0, 0.1) is 0 Å². The van der Waals surface area contributed by atoms with E-state index in [0.717, 1.165) is 30.9 Å². The third kappa shape index (κ3) is 5.81. The molecule has 1 aliphatic rings. The van der Waals surface area contributed by atoms with Crippen molar-refractivity contribution in [2.45, 2.75) is 13.3 Å². The number of carbonyl (C=O) groups excluding carboxylic acids is 2. The minimum Gasteiger partial charge on any atom is -0.496 e. The maximum absolute atomic E-state index is 12.8. The van der Waals surface area contributed by atoms with Crippen molar-refractivity contribution in [2.24, 2.45) is 0 Å². The van der Waals surface area contributed by atoms with Crippen molar-refractivity contribution < 1.29 is 19.1 Å². The van der Waals surface area contributed by atoms with Crippen molar-refractivity contribution in [2.75, 3.05) is 46.4 Å². The molecule has 0 aromatic heterocycles. The van der Waals surface area contributed by atoms with Gasteiger partial charge < -0.3 is 14.4 Å². The van der Waals surface area contributed by atoms with Gasteiger partial charge in [-0.2, -0.15) is 0 Å². The molecular formula is C23H28N2O4. The van der Waals surface area contributed by atoms with Crippen LogP contribution in [0.2, 0.25) is 0 Å². The summed E-state index contributed by atoms with van der Waals surface area (Å²) in [5.74, 6) is 1.56. The molecule has 1 amide bonds. The van der Waals surface area contributed by atoms with Crippen LogP contribution in [0.3, 0.4) is 0 Å². The number of para-hydroxylation sites is 1. The first-order chi connectivity index (χ1) is 14.1. The van der Waals surface area contributed by atoms with Gasteiger partial charge in [0.1, 0.15) is 18.1 Å². The molecule has 0 unspecified atom stereocenters. The van der Waals surface area contributed by atoms with Gasteiger partial charge in [-0.25, -0.2) is 0 Å². The highest BCUT2D eigenvalue weighted by molar-refractivity contribution is 5.94. The van der Waals surface area contributed by atoms with Crippen LogP contribution < -0.4 is 9.47 Å². The molecule has 1 fully saturated rings. The first-order valence-electron chi connectivity index (χ1n) is 9.92. The number of hydrogen-bond donors (Lipinski definition) is 0. The number of hydrogen-bond acceptors (Lipinski definition) is 5. The van der Waals surface area contributed by atoms with Crippen molar-refractivity contribution in [3.05, 3.63) is 59.7 Å². The Labute approximate surface area is 172 Å². The van der Waals surface area contributed by atoms with E-state index in [1.165, 1.54) is 6.92 Å². The summed E-state index contributed by atoms with van der Waals surface area (Å²) in [6.07, 6.45) is 0.238. The van der Waals surface area contributed by atoms with Gasteiger partial charge in [-0.1, -0.05) is 18.2 Å². The number of piperazine rings is 1. The fourth-order valence-electron chi connectivity index (χ4n) is 3.44. The molecule has 6 nitrogen and oxygen atoms in total. The molecule has 0 N–H and O–H groups in total. The van der Waals surface area contributed by atoms with Crippen LogP contribution in [-0.4, -0.2) is 67.9 Å². The van der Waals surface area contributed by atoms with Gasteiger partial charge in [-0.15, -0.1) is 0 Å². The molecule has 1 aliphatic heterocycles. The molecular weight excluding hydrogens is 368 g/mol. The summed E-state index contributed by atoms with van der Waals surface area (Å²) < 4.78 is 11.1. The van der Waals surface area contributed by atoms with E-state index >= 15 is 0 Å². The fraction of sp³-hybridized carbons (Fsp3) is 0.391. The Morgan fingerprint density at radius 2 is 1.72 bits per heavy atom. The summed E-state index contributed by atoms with van der Waals surface area (Å²) in [5.41, 5.74) is 1.35. The first kappa shape index (κ1) is 20.9. The van der Waals surface area contributed by atoms with Gasteiger partial charge >= 0.3 is 0 Å². The highest BCUT2D eigenvalue weighted by Gasteiger charge is 2.22. The Hall–Kier alpha value is -2.86. The van der Waals surface area contributed by atoms with E-state index in [0.29, 0.717) is 31.0 Å². The number of nitrogens with zero attached hydrogens (tertiary/aromatic N) is 2. The molecule has 0 radical (unpaired) electrons. The average molecular weight is 396 g/mol. The van der Waals surface area contributed by atoms with Crippen molar-refractivity contribution in [3.8, 4) is 11.5 Å². The Kier molecular flexibility index (Phi) is 7.25. The molecule has 0 atom stereocenters. The SMILES string of the molecule is COc1ccc(C(C)=O)cc1CC(=O)N1CCN(CCOc2ccccc2)CC1. The summed E-state index contributed by atoms with van der Waals surface area (Å²) in [7, 11) is 1.58. The van der Waals surface area contributed by atoms with Gasteiger partial charge in [0.25, 0.3) is 0 Å². The molecule has 1 saturated heterocycles. The Balaban J connectivity index is 1.47. The summed E-state index contributed by atoms with van der Waals surface area (Å²) in [6.45, 7) is 6.04. The zero-order valence-electron chi connectivity index (χ0n) is 17.1. The molecule has 154 valence electrons. The monoisotopic (exact) mass is 396 g/mol. The average Bonchev–Trinajstić information content (AvgIpc) is 2.75. The Morgan fingerprint density at radius 3 is 2.38 bits per heavy atom. The van der Waals surface area contributed by atoms with Crippen LogP contribution in [0.15, 0.2) is 48.5 Å². The quantitative estimate of drug-likeness (QED) is 0.642. The number of Topliss-reactive ketones (excluding diaryl/α,β-unsaturated/α-hetero) is 1. The molecule has 29 heavy (non-hydrogen) atoms. The van der Waals surface area contributed by atoms with Crippen LogP contribution >= 0.6 is 0 Å². The smallest absolute Gasteiger partial charge is 0.227 e. The minimum atomic E-state index is -0.0207. The maximum Gasteiger partial charge on any atom is 0.227 e. The maximum atomic E-state index is 12.8. The van der Waals surface area contributed by atoms with Crippen LogP contribution in [0.4, 0.5) is 0 Å². The van der Waals surface area contributed by atoms with E-state index in [4.69, 9.17) is 9.47 Å². The normalized spacial score (nSPS) is 14.5. The topological polar surface area (TPSA) is 59.1 Å². The van der Waals surface area contributed by atoms with E-state index in [2.05, 4.69) is 4.90 Å². The molecule has 0 saturated carbocycles. The van der Waals surface area contributed by atoms with Crippen molar-refractivity contribution >= 4 is 11.7 Å². The molecule has 0 bridgehead atoms. The summed E-state index contributed by atoms with van der Waals surface area (Å²) in [4.78, 5) is 28.6. The van der Waals surface area contributed by atoms with Gasteiger partial charge in [-0.05, 0) is 37.3 Å². The van der Waals surface area contributed by atoms with E-state index in [9.17, 15) is 9.59 Å². The molecule has 0 aliphatic carbocycles. The second-order valence-electron chi connectivity index (χ2n) is 7.14. The highest BCUT2D eigenvalue weighted by Crippen LogP contribution is 2.22. The lowest BCUT2D eigenvalue weighted by Gasteiger charge is -2.34. The van der Waals surface area contributed by atoms with Gasteiger partial charge in [0, 0.05) is 43.9 Å². The lowest BCUT2D eigenvalue weighted by molar-refractivity contribution is -0.132. The predicted octanol–water partition coefficient (Wildman–Crippen LogP) is 2.66. The number of amides is 1. The summed E-state index contributed by atoms with van der Waals surface area (Å²) in [5, 5.41) is 0. The number of rotatable bonds is 8. The van der Waals surface area contributed by atoms with Gasteiger partial charge in [-0.3, -0.25) is 14.5 Å². The van der Waals surface area contributed by atoms with E-state index in [-0.39, 0.29) is 18.1 Å². The van der Waals surface area contributed by atoms with Crippen molar-refractivity contribution in [1.82, 2.24) is 9.80 Å². The molecule has 2 aromatic rings. The molecule has 6 heteroatoms. The molecule has 2 aromatic carbocycles. The van der Waals surface area contributed by atoms with Gasteiger partial charge in [0.2, 0.25) is 5.91 Å². The van der Waals surface area contributed by atoms with Crippen molar-refractivity contribution in [1.29, 1.82) is 0 Å². The molecule has 1 heterocycles. The lowest BCUT2D eigenvalue weighted by Crippen LogP contribution is -2.50. The second kappa shape index (κ2) is 10.1. The fourth-order valence-corrected chi connectivity index (χ4v) is 3.44. The van der Waals surface area contributed by atoms with Crippen LogP contribution in [0.5, 0.6) is 11.5 Å². The molecule has 3 rings (SSSR count). The Morgan fingerprint density at radius 1 is 1.00 bits per heavy atom. The third-order valence-corrected chi connectivity index (χ3v) is 5.17. The van der Waals surface area contributed by atoms with Crippen LogP contribution in [-0.2, 0) is 11.2 Å². The number of carbonyl (C=O) groups is 2.